The first-order chi connectivity index (χ1) is 10.0. The maximum atomic E-state index is 12.6. The molecule has 1 fully saturated rings. The van der Waals surface area contributed by atoms with Crippen molar-refractivity contribution in [2.24, 2.45) is 5.92 Å². The number of nitrogens with zero attached hydrogens (tertiary/aromatic N) is 1. The number of carbonyl (C=O) groups excluding carboxylic acids is 1. The minimum atomic E-state index is -0.750. The topological polar surface area (TPSA) is 60.5 Å². The summed E-state index contributed by atoms with van der Waals surface area (Å²) in [5, 5.41) is 2.94. The van der Waals surface area contributed by atoms with Gasteiger partial charge in [-0.1, -0.05) is 0 Å². The van der Waals surface area contributed by atoms with Crippen LogP contribution in [0.25, 0.3) is 0 Å². The van der Waals surface area contributed by atoms with Crippen LogP contribution in [0.3, 0.4) is 0 Å². The van der Waals surface area contributed by atoms with Crippen LogP contribution in [0.1, 0.15) is 39.3 Å². The number of carbonyl (C=O) groups is 1. The van der Waals surface area contributed by atoms with E-state index in [0.29, 0.717) is 30.7 Å². The van der Waals surface area contributed by atoms with Crippen molar-refractivity contribution in [2.45, 2.75) is 46.1 Å². The number of rotatable bonds is 7. The Morgan fingerprint density at radius 1 is 1.38 bits per heavy atom. The first-order valence-electron chi connectivity index (χ1n) is 7.57. The summed E-state index contributed by atoms with van der Waals surface area (Å²) in [6, 6.07) is 3.59. The van der Waals surface area contributed by atoms with Crippen molar-refractivity contribution in [1.82, 2.24) is 4.98 Å². The predicted molar refractivity (Wildman–Crippen MR) is 81.5 cm³/mol. The van der Waals surface area contributed by atoms with Gasteiger partial charge in [-0.25, -0.2) is 4.98 Å². The highest BCUT2D eigenvalue weighted by Crippen LogP contribution is 2.42. The highest BCUT2D eigenvalue weighted by molar-refractivity contribution is 5.98. The second-order valence-electron chi connectivity index (χ2n) is 5.48. The lowest BCUT2D eigenvalue weighted by atomic mass is 9.98. The standard InChI is InChI=1S/C16H24N2O3/c1-5-20-14-10-9-13(11(3)17-14)18-15(19)16(4,21-6-2)12-7-8-12/h9-10,12H,5-8H2,1-4H3,(H,18,19)/t16-/m0/s1. The number of amides is 1. The molecule has 1 heterocycles. The SMILES string of the molecule is CCOc1ccc(NC(=O)[C@@](C)(OCC)C2CC2)c(C)n1. The molecule has 1 atom stereocenters. The summed E-state index contributed by atoms with van der Waals surface area (Å²) in [5.41, 5.74) is 0.693. The Morgan fingerprint density at radius 2 is 2.10 bits per heavy atom. The molecule has 5 heteroatoms. The average Bonchev–Trinajstić information content (AvgIpc) is 3.27. The van der Waals surface area contributed by atoms with Crippen molar-refractivity contribution < 1.29 is 14.3 Å². The van der Waals surface area contributed by atoms with Crippen molar-refractivity contribution in [1.29, 1.82) is 0 Å². The van der Waals surface area contributed by atoms with Gasteiger partial charge in [0.05, 0.1) is 18.0 Å². The molecule has 0 saturated heterocycles. The van der Waals surface area contributed by atoms with E-state index in [-0.39, 0.29) is 5.91 Å². The first-order valence-corrected chi connectivity index (χ1v) is 7.57. The van der Waals surface area contributed by atoms with Crippen LogP contribution < -0.4 is 10.1 Å². The Bertz CT molecular complexity index is 514. The van der Waals surface area contributed by atoms with Gasteiger partial charge in [0.15, 0.2) is 0 Å². The summed E-state index contributed by atoms with van der Waals surface area (Å²) in [6.07, 6.45) is 2.09. The number of aromatic nitrogens is 1. The van der Waals surface area contributed by atoms with Crippen molar-refractivity contribution in [3.63, 3.8) is 0 Å². The maximum Gasteiger partial charge on any atom is 0.256 e. The van der Waals surface area contributed by atoms with Crippen LogP contribution in [0.2, 0.25) is 0 Å². The number of hydrogen-bond donors (Lipinski definition) is 1. The van der Waals surface area contributed by atoms with Crippen LogP contribution in [0.15, 0.2) is 12.1 Å². The molecule has 0 bridgehead atoms. The van der Waals surface area contributed by atoms with Crippen LogP contribution in [0.5, 0.6) is 5.88 Å². The van der Waals surface area contributed by atoms with E-state index in [1.165, 1.54) is 0 Å². The zero-order valence-electron chi connectivity index (χ0n) is 13.2. The fourth-order valence-electron chi connectivity index (χ4n) is 2.45. The number of aryl methyl sites for hydroxylation is 1. The predicted octanol–water partition coefficient (Wildman–Crippen LogP) is 2.93. The van der Waals surface area contributed by atoms with Gasteiger partial charge in [-0.2, -0.15) is 0 Å². The third kappa shape index (κ3) is 3.53. The van der Waals surface area contributed by atoms with E-state index in [1.54, 1.807) is 6.07 Å². The third-order valence-corrected chi connectivity index (χ3v) is 3.85. The largest absolute Gasteiger partial charge is 0.478 e. The Hall–Kier alpha value is -1.62. The van der Waals surface area contributed by atoms with Crippen molar-refractivity contribution >= 4 is 11.6 Å². The molecule has 0 aliphatic heterocycles. The molecule has 1 aromatic heterocycles. The fraction of sp³-hybridized carbons (Fsp3) is 0.625. The van der Waals surface area contributed by atoms with Crippen LogP contribution >= 0.6 is 0 Å². The monoisotopic (exact) mass is 292 g/mol. The van der Waals surface area contributed by atoms with Crippen LogP contribution in [0.4, 0.5) is 5.69 Å². The Balaban J connectivity index is 2.11. The van der Waals surface area contributed by atoms with Crippen LogP contribution in [0, 0.1) is 12.8 Å². The van der Waals surface area contributed by atoms with E-state index in [4.69, 9.17) is 9.47 Å². The summed E-state index contributed by atoms with van der Waals surface area (Å²) in [7, 11) is 0. The van der Waals surface area contributed by atoms with E-state index < -0.39 is 5.60 Å². The molecular formula is C16H24N2O3. The molecule has 21 heavy (non-hydrogen) atoms. The van der Waals surface area contributed by atoms with Gasteiger partial charge < -0.3 is 14.8 Å². The molecule has 0 unspecified atom stereocenters. The fourth-order valence-corrected chi connectivity index (χ4v) is 2.45. The highest BCUT2D eigenvalue weighted by Gasteiger charge is 2.48. The molecule has 2 rings (SSSR count). The summed E-state index contributed by atoms with van der Waals surface area (Å²) in [5.74, 6) is 0.789. The van der Waals surface area contributed by atoms with E-state index in [9.17, 15) is 4.79 Å². The Labute approximate surface area is 126 Å². The number of hydrogen-bond acceptors (Lipinski definition) is 4. The van der Waals surface area contributed by atoms with E-state index >= 15 is 0 Å². The third-order valence-electron chi connectivity index (χ3n) is 3.85. The average molecular weight is 292 g/mol. The molecule has 0 spiro atoms. The van der Waals surface area contributed by atoms with Crippen molar-refractivity contribution in [2.75, 3.05) is 18.5 Å². The van der Waals surface area contributed by atoms with Gasteiger partial charge in [0, 0.05) is 12.7 Å². The second kappa shape index (κ2) is 6.43. The number of anilines is 1. The summed E-state index contributed by atoms with van der Waals surface area (Å²) >= 11 is 0. The molecule has 0 aromatic carbocycles. The second-order valence-corrected chi connectivity index (χ2v) is 5.48. The molecular weight excluding hydrogens is 268 g/mol. The van der Waals surface area contributed by atoms with E-state index in [0.717, 1.165) is 18.5 Å². The number of nitrogens with one attached hydrogen (secondary N) is 1. The minimum Gasteiger partial charge on any atom is -0.478 e. The zero-order valence-corrected chi connectivity index (χ0v) is 13.2. The number of pyridine rings is 1. The quantitative estimate of drug-likeness (QED) is 0.839. The van der Waals surface area contributed by atoms with Gasteiger partial charge in [-0.05, 0) is 52.5 Å². The highest BCUT2D eigenvalue weighted by atomic mass is 16.5. The lowest BCUT2D eigenvalue weighted by molar-refractivity contribution is -0.141. The van der Waals surface area contributed by atoms with E-state index in [1.807, 2.05) is 33.8 Å². The molecule has 1 aromatic rings. The van der Waals surface area contributed by atoms with Crippen LogP contribution in [-0.2, 0) is 9.53 Å². The molecule has 1 aliphatic rings. The molecule has 1 amide bonds. The molecule has 1 saturated carbocycles. The summed E-state index contributed by atoms with van der Waals surface area (Å²) < 4.78 is 11.1. The Morgan fingerprint density at radius 3 is 2.62 bits per heavy atom. The lowest BCUT2D eigenvalue weighted by Crippen LogP contribution is -2.45. The Kier molecular flexibility index (Phi) is 4.83. The van der Waals surface area contributed by atoms with Gasteiger partial charge in [0.2, 0.25) is 5.88 Å². The minimum absolute atomic E-state index is 0.0964. The smallest absolute Gasteiger partial charge is 0.256 e. The molecule has 0 radical (unpaired) electrons. The van der Waals surface area contributed by atoms with Gasteiger partial charge in [-0.15, -0.1) is 0 Å². The normalized spacial score (nSPS) is 17.1. The zero-order chi connectivity index (χ0) is 15.5. The van der Waals surface area contributed by atoms with Crippen molar-refractivity contribution in [3.05, 3.63) is 17.8 Å². The van der Waals surface area contributed by atoms with E-state index in [2.05, 4.69) is 10.3 Å². The summed E-state index contributed by atoms with van der Waals surface area (Å²) in [6.45, 7) is 8.66. The lowest BCUT2D eigenvalue weighted by Gasteiger charge is -2.28. The molecule has 1 aliphatic carbocycles. The van der Waals surface area contributed by atoms with Gasteiger partial charge in [-0.3, -0.25) is 4.79 Å². The maximum absolute atomic E-state index is 12.6. The van der Waals surface area contributed by atoms with Gasteiger partial charge in [0.1, 0.15) is 5.60 Å². The van der Waals surface area contributed by atoms with Crippen LogP contribution in [-0.4, -0.2) is 29.7 Å². The molecule has 1 N–H and O–H groups in total. The summed E-state index contributed by atoms with van der Waals surface area (Å²) in [4.78, 5) is 16.9. The van der Waals surface area contributed by atoms with Gasteiger partial charge >= 0.3 is 0 Å². The number of ether oxygens (including phenoxy) is 2. The first kappa shape index (κ1) is 15.8. The molecule has 116 valence electrons. The van der Waals surface area contributed by atoms with Gasteiger partial charge in [0.25, 0.3) is 5.91 Å². The molecule has 5 nitrogen and oxygen atoms in total. The van der Waals surface area contributed by atoms with Crippen molar-refractivity contribution in [3.8, 4) is 5.88 Å².